The summed E-state index contributed by atoms with van der Waals surface area (Å²) in [4.78, 5) is 26.0. The van der Waals surface area contributed by atoms with Crippen molar-refractivity contribution in [2.45, 2.75) is 44.9 Å². The second-order valence-corrected chi connectivity index (χ2v) is 6.09. The fourth-order valence-corrected chi connectivity index (χ4v) is 3.02. The van der Waals surface area contributed by atoms with E-state index in [0.29, 0.717) is 26.1 Å². The molecule has 1 aliphatic carbocycles. The summed E-state index contributed by atoms with van der Waals surface area (Å²) < 4.78 is 0. The average Bonchev–Trinajstić information content (AvgIpc) is 2.43. The van der Waals surface area contributed by atoms with Gasteiger partial charge in [-0.15, -0.1) is 12.4 Å². The molecule has 6 heteroatoms. The SMILES string of the molecule is Cl.NCCNC(=O)C1CCCN(C(=O)CCC2CCC2)C1. The van der Waals surface area contributed by atoms with Gasteiger partial charge in [0.15, 0.2) is 0 Å². The quantitative estimate of drug-likeness (QED) is 0.775. The van der Waals surface area contributed by atoms with Gasteiger partial charge in [0.1, 0.15) is 0 Å². The molecule has 122 valence electrons. The maximum Gasteiger partial charge on any atom is 0.224 e. The zero-order valence-electron chi connectivity index (χ0n) is 12.7. The summed E-state index contributed by atoms with van der Waals surface area (Å²) >= 11 is 0. The molecule has 1 heterocycles. The molecule has 0 radical (unpaired) electrons. The van der Waals surface area contributed by atoms with Crippen molar-refractivity contribution in [2.75, 3.05) is 26.2 Å². The van der Waals surface area contributed by atoms with E-state index in [9.17, 15) is 9.59 Å². The molecule has 1 atom stereocenters. The Balaban J connectivity index is 0.00000220. The highest BCUT2D eigenvalue weighted by molar-refractivity contribution is 5.85. The Kier molecular flexibility index (Phi) is 8.04. The van der Waals surface area contributed by atoms with Crippen LogP contribution in [0.5, 0.6) is 0 Å². The van der Waals surface area contributed by atoms with E-state index in [1.54, 1.807) is 0 Å². The highest BCUT2D eigenvalue weighted by Crippen LogP contribution is 2.30. The number of carbonyl (C=O) groups excluding carboxylic acids is 2. The van der Waals surface area contributed by atoms with Crippen LogP contribution >= 0.6 is 12.4 Å². The van der Waals surface area contributed by atoms with Crippen LogP contribution < -0.4 is 11.1 Å². The maximum atomic E-state index is 12.2. The molecule has 0 aromatic carbocycles. The van der Waals surface area contributed by atoms with Crippen molar-refractivity contribution in [1.82, 2.24) is 10.2 Å². The minimum atomic E-state index is -0.0528. The standard InChI is InChI=1S/C15H27N3O2.ClH/c16-8-9-17-15(20)13-5-2-10-18(11-13)14(19)7-6-12-3-1-4-12;/h12-13H,1-11,16H2,(H,17,20);1H. The van der Waals surface area contributed by atoms with E-state index in [0.717, 1.165) is 31.7 Å². The van der Waals surface area contributed by atoms with Crippen LogP contribution in [0.4, 0.5) is 0 Å². The molecule has 0 aromatic heterocycles. The lowest BCUT2D eigenvalue weighted by molar-refractivity contribution is -0.136. The third kappa shape index (κ3) is 5.47. The molecular formula is C15H28ClN3O2. The summed E-state index contributed by atoms with van der Waals surface area (Å²) in [6, 6.07) is 0. The van der Waals surface area contributed by atoms with Gasteiger partial charge < -0.3 is 16.0 Å². The number of hydrogen-bond donors (Lipinski definition) is 2. The predicted octanol–water partition coefficient (Wildman–Crippen LogP) is 1.30. The molecule has 1 aliphatic heterocycles. The zero-order chi connectivity index (χ0) is 14.4. The highest BCUT2D eigenvalue weighted by Gasteiger charge is 2.28. The van der Waals surface area contributed by atoms with Crippen LogP contribution in [0.2, 0.25) is 0 Å². The molecule has 2 rings (SSSR count). The van der Waals surface area contributed by atoms with Crippen LogP contribution in [0.1, 0.15) is 44.9 Å². The maximum absolute atomic E-state index is 12.2. The molecule has 1 unspecified atom stereocenters. The second kappa shape index (κ2) is 9.26. The number of nitrogens with two attached hydrogens (primary N) is 1. The van der Waals surface area contributed by atoms with Crippen molar-refractivity contribution < 1.29 is 9.59 Å². The number of carbonyl (C=O) groups is 2. The third-order valence-corrected chi connectivity index (χ3v) is 4.58. The molecular weight excluding hydrogens is 290 g/mol. The minimum absolute atomic E-state index is 0. The first kappa shape index (κ1) is 18.2. The molecule has 1 saturated heterocycles. The van der Waals surface area contributed by atoms with Crippen LogP contribution in [0.25, 0.3) is 0 Å². The van der Waals surface area contributed by atoms with Gasteiger partial charge in [-0.2, -0.15) is 0 Å². The van der Waals surface area contributed by atoms with E-state index in [1.807, 2.05) is 4.90 Å². The number of nitrogens with zero attached hydrogens (tertiary/aromatic N) is 1. The van der Waals surface area contributed by atoms with Gasteiger partial charge in [0, 0.05) is 32.6 Å². The lowest BCUT2D eigenvalue weighted by atomic mass is 9.82. The first-order chi connectivity index (χ1) is 9.70. The van der Waals surface area contributed by atoms with E-state index < -0.39 is 0 Å². The minimum Gasteiger partial charge on any atom is -0.355 e. The molecule has 5 nitrogen and oxygen atoms in total. The number of piperidine rings is 1. The molecule has 0 aromatic rings. The number of hydrogen-bond acceptors (Lipinski definition) is 3. The number of rotatable bonds is 6. The molecule has 21 heavy (non-hydrogen) atoms. The van der Waals surface area contributed by atoms with E-state index in [-0.39, 0.29) is 30.1 Å². The van der Waals surface area contributed by atoms with Gasteiger partial charge in [-0.05, 0) is 25.2 Å². The van der Waals surface area contributed by atoms with Gasteiger partial charge in [-0.3, -0.25) is 9.59 Å². The Bertz CT molecular complexity index is 348. The fourth-order valence-electron chi connectivity index (χ4n) is 3.02. The van der Waals surface area contributed by atoms with Crippen LogP contribution in [0.3, 0.4) is 0 Å². The van der Waals surface area contributed by atoms with Crippen molar-refractivity contribution in [3.8, 4) is 0 Å². The van der Waals surface area contributed by atoms with Crippen molar-refractivity contribution in [1.29, 1.82) is 0 Å². The summed E-state index contributed by atoms with van der Waals surface area (Å²) in [5.41, 5.74) is 5.39. The molecule has 2 amide bonds. The Morgan fingerprint density at radius 1 is 1.19 bits per heavy atom. The number of amides is 2. The van der Waals surface area contributed by atoms with E-state index in [2.05, 4.69) is 5.32 Å². The van der Waals surface area contributed by atoms with Gasteiger partial charge >= 0.3 is 0 Å². The smallest absolute Gasteiger partial charge is 0.224 e. The van der Waals surface area contributed by atoms with Crippen LogP contribution in [-0.2, 0) is 9.59 Å². The van der Waals surface area contributed by atoms with E-state index >= 15 is 0 Å². The van der Waals surface area contributed by atoms with Crippen LogP contribution in [0, 0.1) is 11.8 Å². The summed E-state index contributed by atoms with van der Waals surface area (Å²) in [7, 11) is 0. The predicted molar refractivity (Wildman–Crippen MR) is 85.2 cm³/mol. The normalized spacial score (nSPS) is 22.1. The van der Waals surface area contributed by atoms with Crippen LogP contribution in [-0.4, -0.2) is 42.9 Å². The van der Waals surface area contributed by atoms with Crippen LogP contribution in [0.15, 0.2) is 0 Å². The van der Waals surface area contributed by atoms with Crippen molar-refractivity contribution in [3.63, 3.8) is 0 Å². The lowest BCUT2D eigenvalue weighted by Crippen LogP contribution is -2.46. The Morgan fingerprint density at radius 2 is 1.95 bits per heavy atom. The monoisotopic (exact) mass is 317 g/mol. The summed E-state index contributed by atoms with van der Waals surface area (Å²) in [6.45, 7) is 2.37. The molecule has 3 N–H and O–H groups in total. The first-order valence-corrected chi connectivity index (χ1v) is 7.96. The van der Waals surface area contributed by atoms with Gasteiger partial charge in [-0.1, -0.05) is 19.3 Å². The molecule has 0 spiro atoms. The van der Waals surface area contributed by atoms with Gasteiger partial charge in [-0.25, -0.2) is 0 Å². The zero-order valence-corrected chi connectivity index (χ0v) is 13.5. The summed E-state index contributed by atoms with van der Waals surface area (Å²) in [6.07, 6.45) is 7.39. The van der Waals surface area contributed by atoms with Crippen molar-refractivity contribution in [3.05, 3.63) is 0 Å². The Hall–Kier alpha value is -0.810. The lowest BCUT2D eigenvalue weighted by Gasteiger charge is -2.33. The Labute approximate surface area is 133 Å². The number of halogens is 1. The second-order valence-electron chi connectivity index (χ2n) is 6.09. The third-order valence-electron chi connectivity index (χ3n) is 4.58. The molecule has 2 fully saturated rings. The van der Waals surface area contributed by atoms with E-state index in [4.69, 9.17) is 5.73 Å². The highest BCUT2D eigenvalue weighted by atomic mass is 35.5. The molecule has 2 aliphatic rings. The van der Waals surface area contributed by atoms with Crippen molar-refractivity contribution in [2.24, 2.45) is 17.6 Å². The van der Waals surface area contributed by atoms with Gasteiger partial charge in [0.05, 0.1) is 5.92 Å². The average molecular weight is 318 g/mol. The van der Waals surface area contributed by atoms with Gasteiger partial charge in [0.2, 0.25) is 11.8 Å². The van der Waals surface area contributed by atoms with Crippen molar-refractivity contribution >= 4 is 24.2 Å². The molecule has 0 bridgehead atoms. The summed E-state index contributed by atoms with van der Waals surface area (Å²) in [5, 5.41) is 2.83. The molecule has 1 saturated carbocycles. The van der Waals surface area contributed by atoms with Gasteiger partial charge in [0.25, 0.3) is 0 Å². The topological polar surface area (TPSA) is 75.4 Å². The Morgan fingerprint density at radius 3 is 2.57 bits per heavy atom. The number of likely N-dealkylation sites (tertiary alicyclic amines) is 1. The number of nitrogens with one attached hydrogen (secondary N) is 1. The van der Waals surface area contributed by atoms with E-state index in [1.165, 1.54) is 19.3 Å². The first-order valence-electron chi connectivity index (χ1n) is 7.96. The fraction of sp³-hybridized carbons (Fsp3) is 0.867. The largest absolute Gasteiger partial charge is 0.355 e. The summed E-state index contributed by atoms with van der Waals surface area (Å²) in [5.74, 6) is 0.996.